The first-order chi connectivity index (χ1) is 9.69. The van der Waals surface area contributed by atoms with Crippen LogP contribution in [0.25, 0.3) is 0 Å². The van der Waals surface area contributed by atoms with Gasteiger partial charge in [0.25, 0.3) is 0 Å². The Morgan fingerprint density at radius 3 is 2.65 bits per heavy atom. The van der Waals surface area contributed by atoms with Gasteiger partial charge in [-0.2, -0.15) is 8.78 Å². The normalized spacial score (nSPS) is 17.6. The molecule has 1 heterocycles. The summed E-state index contributed by atoms with van der Waals surface area (Å²) in [5.41, 5.74) is 0.833. The standard InChI is InChI=1S/C15H22F2N2O/c1-18-10-12-6-8-19(9-7-12)11-13-4-2-3-5-14(13)20-15(16)17/h2-5,12,15,18H,6-11H2,1H3. The van der Waals surface area contributed by atoms with E-state index in [9.17, 15) is 8.78 Å². The molecule has 0 aliphatic carbocycles. The Balaban J connectivity index is 1.91. The summed E-state index contributed by atoms with van der Waals surface area (Å²) in [4.78, 5) is 2.31. The van der Waals surface area contributed by atoms with Gasteiger partial charge in [0.15, 0.2) is 0 Å². The van der Waals surface area contributed by atoms with Crippen LogP contribution in [0.4, 0.5) is 8.78 Å². The largest absolute Gasteiger partial charge is 0.434 e. The number of para-hydroxylation sites is 1. The van der Waals surface area contributed by atoms with Gasteiger partial charge in [0.1, 0.15) is 5.75 Å². The molecule has 0 atom stereocenters. The van der Waals surface area contributed by atoms with E-state index in [2.05, 4.69) is 15.0 Å². The van der Waals surface area contributed by atoms with Crippen LogP contribution in [0.15, 0.2) is 24.3 Å². The second kappa shape index (κ2) is 7.55. The number of hydrogen-bond acceptors (Lipinski definition) is 3. The molecule has 3 nitrogen and oxygen atoms in total. The number of hydrogen-bond donors (Lipinski definition) is 1. The Hall–Kier alpha value is -1.20. The monoisotopic (exact) mass is 284 g/mol. The molecule has 0 bridgehead atoms. The Bertz CT molecular complexity index is 407. The number of nitrogens with zero attached hydrogens (tertiary/aromatic N) is 1. The average molecular weight is 284 g/mol. The van der Waals surface area contributed by atoms with Crippen molar-refractivity contribution < 1.29 is 13.5 Å². The molecule has 0 amide bonds. The van der Waals surface area contributed by atoms with Gasteiger partial charge < -0.3 is 10.1 Å². The highest BCUT2D eigenvalue weighted by Gasteiger charge is 2.20. The Morgan fingerprint density at radius 2 is 2.00 bits per heavy atom. The van der Waals surface area contributed by atoms with E-state index in [0.29, 0.717) is 12.3 Å². The van der Waals surface area contributed by atoms with Crippen LogP contribution < -0.4 is 10.1 Å². The van der Waals surface area contributed by atoms with Crippen molar-refractivity contribution in [3.8, 4) is 5.75 Å². The van der Waals surface area contributed by atoms with Gasteiger partial charge in [-0.15, -0.1) is 0 Å². The lowest BCUT2D eigenvalue weighted by molar-refractivity contribution is -0.0508. The molecule has 1 fully saturated rings. The molecule has 1 saturated heterocycles. The van der Waals surface area contributed by atoms with E-state index < -0.39 is 6.61 Å². The zero-order valence-corrected chi connectivity index (χ0v) is 11.8. The van der Waals surface area contributed by atoms with Gasteiger partial charge in [0, 0.05) is 12.1 Å². The van der Waals surface area contributed by atoms with E-state index in [-0.39, 0.29) is 0 Å². The van der Waals surface area contributed by atoms with E-state index in [1.165, 1.54) is 0 Å². The smallest absolute Gasteiger partial charge is 0.387 e. The van der Waals surface area contributed by atoms with Crippen molar-refractivity contribution in [3.05, 3.63) is 29.8 Å². The number of alkyl halides is 2. The van der Waals surface area contributed by atoms with E-state index in [1.807, 2.05) is 19.2 Å². The summed E-state index contributed by atoms with van der Waals surface area (Å²) in [7, 11) is 1.98. The summed E-state index contributed by atoms with van der Waals surface area (Å²) < 4.78 is 29.3. The molecule has 2 rings (SSSR count). The van der Waals surface area contributed by atoms with Gasteiger partial charge in [-0.1, -0.05) is 18.2 Å². The number of piperidine rings is 1. The third-order valence-corrected chi connectivity index (χ3v) is 3.78. The lowest BCUT2D eigenvalue weighted by Crippen LogP contribution is -2.36. The number of ether oxygens (including phenoxy) is 1. The quantitative estimate of drug-likeness (QED) is 0.869. The summed E-state index contributed by atoms with van der Waals surface area (Å²) in [5.74, 6) is 1.02. The third-order valence-electron chi connectivity index (χ3n) is 3.78. The van der Waals surface area contributed by atoms with Gasteiger partial charge in [0.05, 0.1) is 0 Å². The summed E-state index contributed by atoms with van der Waals surface area (Å²) >= 11 is 0. The van der Waals surface area contributed by atoms with Crippen LogP contribution in [0.2, 0.25) is 0 Å². The number of halogens is 2. The maximum Gasteiger partial charge on any atom is 0.387 e. The van der Waals surface area contributed by atoms with Gasteiger partial charge >= 0.3 is 6.61 Å². The van der Waals surface area contributed by atoms with Crippen LogP contribution in [0.1, 0.15) is 18.4 Å². The Kier molecular flexibility index (Phi) is 5.73. The van der Waals surface area contributed by atoms with Gasteiger partial charge in [0.2, 0.25) is 0 Å². The maximum absolute atomic E-state index is 12.4. The van der Waals surface area contributed by atoms with E-state index in [0.717, 1.165) is 44.0 Å². The molecule has 1 N–H and O–H groups in total. The van der Waals surface area contributed by atoms with Crippen molar-refractivity contribution in [2.45, 2.75) is 26.0 Å². The molecule has 1 aliphatic rings. The second-order valence-electron chi connectivity index (χ2n) is 5.26. The molecule has 0 spiro atoms. The summed E-state index contributed by atoms with van der Waals surface area (Å²) in [6, 6.07) is 7.05. The third kappa shape index (κ3) is 4.42. The Morgan fingerprint density at radius 1 is 1.30 bits per heavy atom. The molecule has 112 valence electrons. The lowest BCUT2D eigenvalue weighted by Gasteiger charge is -2.32. The average Bonchev–Trinajstić information content (AvgIpc) is 2.43. The molecule has 0 radical (unpaired) electrons. The summed E-state index contributed by atoms with van der Waals surface area (Å²) in [6.07, 6.45) is 2.30. The molecule has 0 aromatic heterocycles. The van der Waals surface area contributed by atoms with Crippen LogP contribution in [-0.2, 0) is 6.54 Å². The predicted octanol–water partition coefficient (Wildman–Crippen LogP) is 2.72. The first kappa shape index (κ1) is 15.2. The van der Waals surface area contributed by atoms with Crippen LogP contribution in [0.3, 0.4) is 0 Å². The topological polar surface area (TPSA) is 24.5 Å². The predicted molar refractivity (Wildman–Crippen MR) is 75.0 cm³/mol. The van der Waals surface area contributed by atoms with Crippen molar-refractivity contribution in [2.75, 3.05) is 26.7 Å². The first-order valence-corrected chi connectivity index (χ1v) is 7.08. The van der Waals surface area contributed by atoms with Crippen LogP contribution in [0, 0.1) is 5.92 Å². The van der Waals surface area contributed by atoms with Crippen molar-refractivity contribution in [1.29, 1.82) is 0 Å². The van der Waals surface area contributed by atoms with E-state index in [4.69, 9.17) is 0 Å². The zero-order chi connectivity index (χ0) is 14.4. The minimum atomic E-state index is -2.77. The van der Waals surface area contributed by atoms with Crippen molar-refractivity contribution >= 4 is 0 Å². The fourth-order valence-electron chi connectivity index (χ4n) is 2.72. The van der Waals surface area contributed by atoms with Crippen molar-refractivity contribution in [1.82, 2.24) is 10.2 Å². The highest BCUT2D eigenvalue weighted by Crippen LogP contribution is 2.24. The molecule has 1 aromatic carbocycles. The molecule has 0 saturated carbocycles. The number of likely N-dealkylation sites (tertiary alicyclic amines) is 1. The minimum Gasteiger partial charge on any atom is -0.434 e. The van der Waals surface area contributed by atoms with Crippen molar-refractivity contribution in [3.63, 3.8) is 0 Å². The maximum atomic E-state index is 12.4. The van der Waals surface area contributed by atoms with Gasteiger partial charge in [-0.05, 0) is 51.5 Å². The fourth-order valence-corrected chi connectivity index (χ4v) is 2.72. The second-order valence-corrected chi connectivity index (χ2v) is 5.26. The minimum absolute atomic E-state index is 0.292. The Labute approximate surface area is 118 Å². The number of rotatable bonds is 6. The first-order valence-electron chi connectivity index (χ1n) is 7.08. The highest BCUT2D eigenvalue weighted by atomic mass is 19.3. The summed E-state index contributed by atoms with van der Waals surface area (Å²) in [5, 5.41) is 3.21. The van der Waals surface area contributed by atoms with Gasteiger partial charge in [-0.3, -0.25) is 4.90 Å². The molecule has 1 aliphatic heterocycles. The number of benzene rings is 1. The van der Waals surface area contributed by atoms with Crippen molar-refractivity contribution in [2.24, 2.45) is 5.92 Å². The van der Waals surface area contributed by atoms with Crippen LogP contribution in [-0.4, -0.2) is 38.2 Å². The van der Waals surface area contributed by atoms with E-state index >= 15 is 0 Å². The van der Waals surface area contributed by atoms with Crippen LogP contribution in [0.5, 0.6) is 5.75 Å². The molecule has 0 unspecified atom stereocenters. The summed E-state index contributed by atoms with van der Waals surface area (Å²) in [6.45, 7) is 0.983. The zero-order valence-electron chi connectivity index (χ0n) is 11.8. The molecular weight excluding hydrogens is 262 g/mol. The molecular formula is C15H22F2N2O. The molecule has 5 heteroatoms. The fraction of sp³-hybridized carbons (Fsp3) is 0.600. The molecule has 20 heavy (non-hydrogen) atoms. The SMILES string of the molecule is CNCC1CCN(Cc2ccccc2OC(F)F)CC1. The number of nitrogens with one attached hydrogen (secondary N) is 1. The van der Waals surface area contributed by atoms with Gasteiger partial charge in [-0.25, -0.2) is 0 Å². The van der Waals surface area contributed by atoms with Crippen LogP contribution >= 0.6 is 0 Å². The molecule has 1 aromatic rings. The lowest BCUT2D eigenvalue weighted by atomic mass is 9.96. The van der Waals surface area contributed by atoms with E-state index in [1.54, 1.807) is 12.1 Å². The highest BCUT2D eigenvalue weighted by molar-refractivity contribution is 5.33.